The third-order valence-corrected chi connectivity index (χ3v) is 5.97. The van der Waals surface area contributed by atoms with Gasteiger partial charge in [-0.05, 0) is 30.3 Å². The van der Waals surface area contributed by atoms with Gasteiger partial charge in [0.1, 0.15) is 0 Å². The molecule has 7 nitrogen and oxygen atoms in total. The van der Waals surface area contributed by atoms with E-state index in [1.54, 1.807) is 6.07 Å². The lowest BCUT2D eigenvalue weighted by molar-refractivity contribution is -0.150. The maximum absolute atomic E-state index is 13.8. The molecule has 1 aliphatic heterocycles. The Balaban J connectivity index is 1.70. The average Bonchev–Trinajstić information content (AvgIpc) is 3.16. The molecule has 1 atom stereocenters. The first-order valence-electron chi connectivity index (χ1n) is 8.38. The number of rotatable bonds is 6. The molecule has 152 valence electrons. The van der Waals surface area contributed by atoms with Crippen LogP contribution in [0.4, 0.5) is 4.39 Å². The summed E-state index contributed by atoms with van der Waals surface area (Å²) in [6.45, 7) is 3.47. The summed E-state index contributed by atoms with van der Waals surface area (Å²) in [5.41, 5.74) is -0.332. The molecule has 0 bridgehead atoms. The van der Waals surface area contributed by atoms with E-state index in [9.17, 15) is 13.8 Å². The summed E-state index contributed by atoms with van der Waals surface area (Å²) in [5.74, 6) is -3.09. The van der Waals surface area contributed by atoms with E-state index in [2.05, 4.69) is 0 Å². The lowest BCUT2D eigenvalue weighted by Gasteiger charge is -2.36. The molecule has 0 amide bonds. The van der Waals surface area contributed by atoms with Crippen LogP contribution in [0.1, 0.15) is 25.5 Å². The lowest BCUT2D eigenvalue weighted by Crippen LogP contribution is -2.31. The van der Waals surface area contributed by atoms with E-state index in [4.69, 9.17) is 34.5 Å². The van der Waals surface area contributed by atoms with Crippen molar-refractivity contribution in [2.45, 2.75) is 19.7 Å². The first-order chi connectivity index (χ1) is 13.2. The van der Waals surface area contributed by atoms with Crippen molar-refractivity contribution in [3.8, 4) is 5.75 Å². The van der Waals surface area contributed by atoms with Gasteiger partial charge >= 0.3 is 13.6 Å². The van der Waals surface area contributed by atoms with E-state index in [-0.39, 0.29) is 35.2 Å². The molecule has 10 heteroatoms. The van der Waals surface area contributed by atoms with Gasteiger partial charge in [0.05, 0.1) is 19.5 Å². The molecule has 1 saturated heterocycles. The normalized spacial score (nSPS) is 19.0. The molecular formula is C18H19ClFO7P. The van der Waals surface area contributed by atoms with Crippen LogP contribution in [0.2, 0.25) is 5.02 Å². The molecule has 28 heavy (non-hydrogen) atoms. The third kappa shape index (κ3) is 4.94. The zero-order valence-electron chi connectivity index (χ0n) is 15.2. The van der Waals surface area contributed by atoms with E-state index in [0.717, 1.165) is 6.07 Å². The van der Waals surface area contributed by atoms with Crippen molar-refractivity contribution >= 4 is 25.2 Å². The van der Waals surface area contributed by atoms with Crippen molar-refractivity contribution in [2.24, 2.45) is 5.41 Å². The van der Waals surface area contributed by atoms with Crippen molar-refractivity contribution in [2.75, 3.05) is 19.8 Å². The van der Waals surface area contributed by atoms with E-state index in [0.29, 0.717) is 0 Å². The van der Waals surface area contributed by atoms with Crippen molar-refractivity contribution in [1.29, 1.82) is 0 Å². The molecule has 2 heterocycles. The highest BCUT2D eigenvalue weighted by Crippen LogP contribution is 2.64. The molecule has 0 saturated carbocycles. The maximum atomic E-state index is 13.8. The third-order valence-electron chi connectivity index (χ3n) is 3.83. The Bertz CT molecular complexity index is 870. The summed E-state index contributed by atoms with van der Waals surface area (Å²) < 4.78 is 53.4. The minimum atomic E-state index is -3.84. The summed E-state index contributed by atoms with van der Waals surface area (Å²) in [5, 5.41) is 0.193. The fourth-order valence-corrected chi connectivity index (χ4v) is 4.61. The van der Waals surface area contributed by atoms with Gasteiger partial charge in [-0.25, -0.2) is 9.18 Å². The van der Waals surface area contributed by atoms with Gasteiger partial charge < -0.3 is 22.9 Å². The Labute approximate surface area is 166 Å². The highest BCUT2D eigenvalue weighted by Gasteiger charge is 2.47. The second-order valence-corrected chi connectivity index (χ2v) is 9.47. The van der Waals surface area contributed by atoms with Crippen molar-refractivity contribution in [3.63, 3.8) is 0 Å². The SMILES string of the molecule is CC1(C)COP(=O)(C(OC(=O)COc2ccc(Cl)cc2F)c2ccco2)OC1. The standard InChI is InChI=1S/C18H19ClFO7P/c1-18(2)10-25-28(22,26-11-18)17(15-4-3-7-23-15)27-16(21)9-24-14-6-5-12(19)8-13(14)20/h3-8,17H,9-11H2,1-2H3. The second kappa shape index (κ2) is 8.25. The van der Waals surface area contributed by atoms with Crippen LogP contribution in [0.25, 0.3) is 0 Å². The van der Waals surface area contributed by atoms with Gasteiger partial charge in [0, 0.05) is 10.4 Å². The van der Waals surface area contributed by atoms with Gasteiger partial charge in [0.25, 0.3) is 5.85 Å². The molecule has 1 aliphatic rings. The number of esters is 1. The predicted octanol–water partition coefficient (Wildman–Crippen LogP) is 4.96. The zero-order chi connectivity index (χ0) is 20.4. The minimum Gasteiger partial charge on any atom is -0.479 e. The first-order valence-corrected chi connectivity index (χ1v) is 10.4. The Hall–Kier alpha value is -1.86. The van der Waals surface area contributed by atoms with E-state index in [1.807, 2.05) is 13.8 Å². The first kappa shape index (κ1) is 20.9. The maximum Gasteiger partial charge on any atom is 0.378 e. The Morgan fingerprint density at radius 2 is 2.04 bits per heavy atom. The van der Waals surface area contributed by atoms with Crippen molar-refractivity contribution in [3.05, 3.63) is 53.2 Å². The topological polar surface area (TPSA) is 84.2 Å². The second-order valence-electron chi connectivity index (χ2n) is 6.97. The summed E-state index contributed by atoms with van der Waals surface area (Å²) in [6.07, 6.45) is 1.34. The van der Waals surface area contributed by atoms with Crippen LogP contribution in [-0.2, 0) is 23.1 Å². The number of ether oxygens (including phenoxy) is 2. The van der Waals surface area contributed by atoms with E-state index >= 15 is 0 Å². The predicted molar refractivity (Wildman–Crippen MR) is 97.7 cm³/mol. The van der Waals surface area contributed by atoms with E-state index < -0.39 is 31.8 Å². The quantitative estimate of drug-likeness (QED) is 0.471. The highest BCUT2D eigenvalue weighted by molar-refractivity contribution is 7.54. The van der Waals surface area contributed by atoms with E-state index in [1.165, 1.54) is 24.5 Å². The fraction of sp³-hybridized carbons (Fsp3) is 0.389. The van der Waals surface area contributed by atoms with Crippen LogP contribution < -0.4 is 4.74 Å². The van der Waals surface area contributed by atoms with Gasteiger partial charge in [-0.1, -0.05) is 25.4 Å². The molecule has 0 N–H and O–H groups in total. The van der Waals surface area contributed by atoms with Crippen LogP contribution >= 0.6 is 19.2 Å². The van der Waals surface area contributed by atoms with Gasteiger partial charge in [-0.3, -0.25) is 4.57 Å². The Morgan fingerprint density at radius 3 is 2.64 bits per heavy atom. The van der Waals surface area contributed by atoms with Gasteiger partial charge in [-0.15, -0.1) is 0 Å². The van der Waals surface area contributed by atoms with Gasteiger partial charge in [0.15, 0.2) is 23.9 Å². The number of benzene rings is 1. The molecule has 1 aromatic heterocycles. The Kier molecular flexibility index (Phi) is 6.15. The number of halogens is 2. The molecular weight excluding hydrogens is 414 g/mol. The van der Waals surface area contributed by atoms with Crippen LogP contribution in [0, 0.1) is 11.2 Å². The van der Waals surface area contributed by atoms with Crippen LogP contribution in [0.15, 0.2) is 41.0 Å². The zero-order valence-corrected chi connectivity index (χ0v) is 16.9. The highest BCUT2D eigenvalue weighted by atomic mass is 35.5. The number of furan rings is 1. The molecule has 1 aromatic carbocycles. The molecule has 0 spiro atoms. The molecule has 1 unspecified atom stereocenters. The summed E-state index contributed by atoms with van der Waals surface area (Å²) in [6, 6.07) is 6.80. The molecule has 2 aromatic rings. The fourth-order valence-electron chi connectivity index (χ4n) is 2.34. The lowest BCUT2D eigenvalue weighted by atomic mass is 9.97. The number of carbonyl (C=O) groups is 1. The number of carbonyl (C=O) groups excluding carboxylic acids is 1. The van der Waals surface area contributed by atoms with Crippen molar-refractivity contribution < 1.29 is 36.7 Å². The van der Waals surface area contributed by atoms with Gasteiger partial charge in [-0.2, -0.15) is 0 Å². The average molecular weight is 433 g/mol. The molecule has 1 fully saturated rings. The minimum absolute atomic E-state index is 0.106. The van der Waals surface area contributed by atoms with Crippen LogP contribution in [0.3, 0.4) is 0 Å². The Morgan fingerprint density at radius 1 is 1.32 bits per heavy atom. The summed E-state index contributed by atoms with van der Waals surface area (Å²) >= 11 is 5.67. The van der Waals surface area contributed by atoms with Gasteiger partial charge in [0.2, 0.25) is 0 Å². The summed E-state index contributed by atoms with van der Waals surface area (Å²) in [7, 11) is -3.84. The van der Waals surface area contributed by atoms with Crippen LogP contribution in [-0.4, -0.2) is 25.8 Å². The smallest absolute Gasteiger partial charge is 0.378 e. The summed E-state index contributed by atoms with van der Waals surface area (Å²) in [4.78, 5) is 12.2. The largest absolute Gasteiger partial charge is 0.479 e. The molecule has 0 radical (unpaired) electrons. The molecule has 3 rings (SSSR count). The van der Waals surface area contributed by atoms with Crippen LogP contribution in [0.5, 0.6) is 5.75 Å². The number of hydrogen-bond donors (Lipinski definition) is 0. The monoisotopic (exact) mass is 432 g/mol. The van der Waals surface area contributed by atoms with Crippen molar-refractivity contribution in [1.82, 2.24) is 0 Å². The number of hydrogen-bond acceptors (Lipinski definition) is 7. The molecule has 0 aliphatic carbocycles.